The maximum Gasteiger partial charge on any atom is 0.273 e. The monoisotopic (exact) mass is 324 g/mol. The highest BCUT2D eigenvalue weighted by Gasteiger charge is 2.34. The molecule has 6 nitrogen and oxygen atoms in total. The second-order valence-corrected chi connectivity index (χ2v) is 6.55. The number of H-pyrrole nitrogens is 1. The Morgan fingerprint density at radius 3 is 3.00 bits per heavy atom. The molecule has 0 aromatic carbocycles. The highest BCUT2D eigenvalue weighted by Crippen LogP contribution is 2.36. The lowest BCUT2D eigenvalue weighted by atomic mass is 9.90. The maximum absolute atomic E-state index is 13.2. The summed E-state index contributed by atoms with van der Waals surface area (Å²) in [6.07, 6.45) is 5.11. The maximum atomic E-state index is 13.2. The lowest BCUT2D eigenvalue weighted by Gasteiger charge is -2.37. The Morgan fingerprint density at radius 1 is 1.33 bits per heavy atom. The van der Waals surface area contributed by atoms with Crippen LogP contribution in [0.1, 0.15) is 47.8 Å². The van der Waals surface area contributed by atoms with E-state index < -0.39 is 0 Å². The second-order valence-electron chi connectivity index (χ2n) is 6.55. The number of likely N-dealkylation sites (tertiary alicyclic amines) is 1. The fraction of sp³-hybridized carbons (Fsp3) is 0.389. The molecule has 6 heteroatoms. The Kier molecular flexibility index (Phi) is 3.59. The van der Waals surface area contributed by atoms with Crippen LogP contribution in [-0.4, -0.2) is 32.3 Å². The Morgan fingerprint density at radius 2 is 2.21 bits per heavy atom. The Hall–Kier alpha value is -2.63. The van der Waals surface area contributed by atoms with Crippen LogP contribution < -0.4 is 0 Å². The number of hydrogen-bond acceptors (Lipinski definition) is 4. The van der Waals surface area contributed by atoms with Gasteiger partial charge in [0.1, 0.15) is 29.2 Å². The van der Waals surface area contributed by atoms with Gasteiger partial charge in [-0.05, 0) is 43.9 Å². The van der Waals surface area contributed by atoms with Crippen molar-refractivity contribution in [1.29, 1.82) is 0 Å². The minimum atomic E-state index is -0.0621. The van der Waals surface area contributed by atoms with Crippen molar-refractivity contribution in [2.24, 2.45) is 5.92 Å². The molecule has 1 N–H and O–H groups in total. The molecule has 0 saturated carbocycles. The first kappa shape index (κ1) is 14.9. The summed E-state index contributed by atoms with van der Waals surface area (Å²) < 4.78 is 5.83. The molecule has 1 saturated heterocycles. The standard InChI is InChI=1S/C18H20N4O2/c1-11-6-8-22(14(9-11)15-4-3-12(2)24-15)18(23)16-13-5-7-19-17(13)21-10-20-16/h3-5,7,10-11,14H,6,8-9H2,1-2H3,(H,19,20,21)/t11-,14-/m0/s1. The number of furan rings is 1. The number of amides is 1. The van der Waals surface area contributed by atoms with Crippen LogP contribution >= 0.6 is 0 Å². The van der Waals surface area contributed by atoms with Gasteiger partial charge >= 0.3 is 0 Å². The fourth-order valence-corrected chi connectivity index (χ4v) is 3.47. The van der Waals surface area contributed by atoms with Gasteiger partial charge in [0.25, 0.3) is 5.91 Å². The lowest BCUT2D eigenvalue weighted by molar-refractivity contribution is 0.0515. The highest BCUT2D eigenvalue weighted by molar-refractivity contribution is 6.03. The van der Waals surface area contributed by atoms with E-state index in [1.54, 1.807) is 6.20 Å². The average molecular weight is 324 g/mol. The molecule has 124 valence electrons. The Bertz CT molecular complexity index is 882. The van der Waals surface area contributed by atoms with E-state index in [2.05, 4.69) is 21.9 Å². The minimum Gasteiger partial charge on any atom is -0.464 e. The molecular weight excluding hydrogens is 304 g/mol. The molecule has 24 heavy (non-hydrogen) atoms. The number of aromatic nitrogens is 3. The lowest BCUT2D eigenvalue weighted by Crippen LogP contribution is -2.41. The molecule has 4 heterocycles. The molecule has 4 rings (SSSR count). The van der Waals surface area contributed by atoms with Crippen LogP contribution in [0.5, 0.6) is 0 Å². The first-order valence-electron chi connectivity index (χ1n) is 8.29. The van der Waals surface area contributed by atoms with Gasteiger partial charge in [-0.2, -0.15) is 0 Å². The number of aryl methyl sites for hydroxylation is 1. The second kappa shape index (κ2) is 5.78. The van der Waals surface area contributed by atoms with Crippen molar-refractivity contribution < 1.29 is 9.21 Å². The number of fused-ring (bicyclic) bond motifs is 1. The van der Waals surface area contributed by atoms with E-state index in [4.69, 9.17) is 4.42 Å². The van der Waals surface area contributed by atoms with Crippen molar-refractivity contribution in [3.63, 3.8) is 0 Å². The zero-order valence-electron chi connectivity index (χ0n) is 13.8. The van der Waals surface area contributed by atoms with Crippen LogP contribution in [0, 0.1) is 12.8 Å². The molecule has 0 unspecified atom stereocenters. The predicted molar refractivity (Wildman–Crippen MR) is 89.5 cm³/mol. The van der Waals surface area contributed by atoms with Gasteiger partial charge in [-0.25, -0.2) is 9.97 Å². The molecule has 2 atom stereocenters. The summed E-state index contributed by atoms with van der Waals surface area (Å²) in [5.74, 6) is 2.22. The molecule has 1 amide bonds. The first-order chi connectivity index (χ1) is 11.6. The summed E-state index contributed by atoms with van der Waals surface area (Å²) in [6, 6.07) is 5.73. The molecule has 1 aliphatic heterocycles. The zero-order valence-corrected chi connectivity index (χ0v) is 13.8. The van der Waals surface area contributed by atoms with Gasteiger partial charge in [-0.15, -0.1) is 0 Å². The number of piperidine rings is 1. The summed E-state index contributed by atoms with van der Waals surface area (Å²) in [7, 11) is 0. The Labute approximate surface area is 139 Å². The molecule has 0 spiro atoms. The van der Waals surface area contributed by atoms with Crippen molar-refractivity contribution >= 4 is 16.9 Å². The van der Waals surface area contributed by atoms with Crippen molar-refractivity contribution in [3.8, 4) is 0 Å². The highest BCUT2D eigenvalue weighted by atomic mass is 16.3. The van der Waals surface area contributed by atoms with Crippen LogP contribution in [0.15, 0.2) is 35.1 Å². The van der Waals surface area contributed by atoms with E-state index in [0.717, 1.165) is 29.7 Å². The predicted octanol–water partition coefficient (Wildman–Crippen LogP) is 3.47. The van der Waals surface area contributed by atoms with Crippen LogP contribution in [0.3, 0.4) is 0 Å². The summed E-state index contributed by atoms with van der Waals surface area (Å²) in [4.78, 5) is 26.5. The van der Waals surface area contributed by atoms with Gasteiger partial charge in [0.15, 0.2) is 0 Å². The van der Waals surface area contributed by atoms with Gasteiger partial charge in [-0.1, -0.05) is 6.92 Å². The first-order valence-corrected chi connectivity index (χ1v) is 8.29. The number of hydrogen-bond donors (Lipinski definition) is 1. The third-order valence-corrected chi connectivity index (χ3v) is 4.77. The summed E-state index contributed by atoms with van der Waals surface area (Å²) in [6.45, 7) is 4.86. The third kappa shape index (κ3) is 2.48. The van der Waals surface area contributed by atoms with Gasteiger partial charge in [0, 0.05) is 12.7 Å². The fourth-order valence-electron chi connectivity index (χ4n) is 3.47. The number of rotatable bonds is 2. The summed E-state index contributed by atoms with van der Waals surface area (Å²) >= 11 is 0. The smallest absolute Gasteiger partial charge is 0.273 e. The average Bonchev–Trinajstić information content (AvgIpc) is 3.22. The van der Waals surface area contributed by atoms with E-state index >= 15 is 0 Å². The van der Waals surface area contributed by atoms with Crippen molar-refractivity contribution in [1.82, 2.24) is 19.9 Å². The molecule has 3 aromatic rings. The molecule has 0 bridgehead atoms. The Balaban J connectivity index is 1.72. The molecule has 0 radical (unpaired) electrons. The topological polar surface area (TPSA) is 75.0 Å². The quantitative estimate of drug-likeness (QED) is 0.783. The number of nitrogens with one attached hydrogen (secondary N) is 1. The van der Waals surface area contributed by atoms with E-state index in [1.165, 1.54) is 6.33 Å². The van der Waals surface area contributed by atoms with Crippen molar-refractivity contribution in [2.45, 2.75) is 32.7 Å². The van der Waals surface area contributed by atoms with Crippen LogP contribution in [0.4, 0.5) is 0 Å². The SMILES string of the molecule is Cc1ccc([C@@H]2C[C@@H](C)CCN2C(=O)c2ncnc3[nH]ccc23)o1. The van der Waals surface area contributed by atoms with E-state index in [-0.39, 0.29) is 11.9 Å². The molecule has 1 fully saturated rings. The van der Waals surface area contributed by atoms with Gasteiger partial charge in [-0.3, -0.25) is 4.79 Å². The van der Waals surface area contributed by atoms with Gasteiger partial charge < -0.3 is 14.3 Å². The molecule has 1 aliphatic rings. The largest absolute Gasteiger partial charge is 0.464 e. The van der Waals surface area contributed by atoms with E-state index in [9.17, 15) is 4.79 Å². The van der Waals surface area contributed by atoms with Crippen molar-refractivity contribution in [2.75, 3.05) is 6.54 Å². The van der Waals surface area contributed by atoms with E-state index in [1.807, 2.05) is 30.0 Å². The van der Waals surface area contributed by atoms with Gasteiger partial charge in [0.05, 0.1) is 11.4 Å². The zero-order chi connectivity index (χ0) is 16.7. The minimum absolute atomic E-state index is 0.0427. The molecule has 0 aliphatic carbocycles. The molecule has 3 aromatic heterocycles. The number of aromatic amines is 1. The normalized spacial score (nSPS) is 21.3. The van der Waals surface area contributed by atoms with Crippen molar-refractivity contribution in [3.05, 3.63) is 47.9 Å². The van der Waals surface area contributed by atoms with Gasteiger partial charge in [0.2, 0.25) is 0 Å². The number of carbonyl (C=O) groups is 1. The summed E-state index contributed by atoms with van der Waals surface area (Å²) in [5.41, 5.74) is 1.13. The van der Waals surface area contributed by atoms with Crippen LogP contribution in [0.2, 0.25) is 0 Å². The summed E-state index contributed by atoms with van der Waals surface area (Å²) in [5, 5.41) is 0.760. The molecular formula is C18H20N4O2. The van der Waals surface area contributed by atoms with Crippen LogP contribution in [0.25, 0.3) is 11.0 Å². The number of nitrogens with zero attached hydrogens (tertiary/aromatic N) is 3. The third-order valence-electron chi connectivity index (χ3n) is 4.77. The van der Waals surface area contributed by atoms with Crippen LogP contribution in [-0.2, 0) is 0 Å². The number of carbonyl (C=O) groups excluding carboxylic acids is 1. The van der Waals surface area contributed by atoms with E-state index in [0.29, 0.717) is 23.8 Å².